The summed E-state index contributed by atoms with van der Waals surface area (Å²) in [7, 11) is 1.43. The molecule has 3 amide bonds. The van der Waals surface area contributed by atoms with E-state index in [1.165, 1.54) is 30.2 Å². The number of anilines is 1. The Morgan fingerprint density at radius 2 is 1.91 bits per heavy atom. The van der Waals surface area contributed by atoms with E-state index in [9.17, 15) is 18.8 Å². The molecule has 0 atom stereocenters. The Morgan fingerprint density at radius 3 is 2.59 bits per heavy atom. The first-order valence-corrected chi connectivity index (χ1v) is 10.2. The third-order valence-corrected chi connectivity index (χ3v) is 5.21. The number of ketones is 1. The predicted octanol–water partition coefficient (Wildman–Crippen LogP) is 3.29. The van der Waals surface area contributed by atoms with E-state index in [0.29, 0.717) is 22.7 Å². The zero-order valence-corrected chi connectivity index (χ0v) is 18.1. The number of carbonyl (C=O) groups is 3. The first-order chi connectivity index (χ1) is 15.3. The highest BCUT2D eigenvalue weighted by atomic mass is 35.5. The molecule has 0 aliphatic carbocycles. The van der Waals surface area contributed by atoms with Gasteiger partial charge in [-0.25, -0.2) is 9.18 Å². The van der Waals surface area contributed by atoms with Crippen LogP contribution >= 0.6 is 11.6 Å². The molecule has 1 saturated heterocycles. The summed E-state index contributed by atoms with van der Waals surface area (Å²) in [6.07, 6.45) is -0.237. The fourth-order valence-electron chi connectivity index (χ4n) is 3.28. The number of aliphatic hydroxyl groups excluding tert-OH is 1. The first-order valence-electron chi connectivity index (χ1n) is 9.87. The molecule has 2 aromatic rings. The quantitative estimate of drug-likeness (QED) is 0.572. The Labute approximate surface area is 189 Å². The van der Waals surface area contributed by atoms with Gasteiger partial charge in [-0.3, -0.25) is 19.4 Å². The predicted molar refractivity (Wildman–Crippen MR) is 115 cm³/mol. The number of nitrogens with zero attached hydrogens (tertiary/aromatic N) is 2. The first kappa shape index (κ1) is 23.5. The third-order valence-electron chi connectivity index (χ3n) is 4.93. The molecular formula is C22H22ClFN2O6. The molecule has 1 aliphatic heterocycles. The zero-order valence-electron chi connectivity index (χ0n) is 17.3. The number of methoxy groups -OCH3 is 1. The maximum atomic E-state index is 13.4. The Balaban J connectivity index is 1.60. The average Bonchev–Trinajstić information content (AvgIpc) is 3.18. The molecule has 1 N–H and O–H groups in total. The van der Waals surface area contributed by atoms with Gasteiger partial charge >= 0.3 is 6.03 Å². The second kappa shape index (κ2) is 10.4. The number of rotatable bonds is 9. The van der Waals surface area contributed by atoms with Gasteiger partial charge < -0.3 is 14.6 Å². The summed E-state index contributed by atoms with van der Waals surface area (Å²) in [5.74, 6) is -0.650. The Bertz CT molecular complexity index is 1030. The van der Waals surface area contributed by atoms with Crippen LogP contribution < -0.4 is 14.4 Å². The lowest BCUT2D eigenvalue weighted by molar-refractivity contribution is -0.127. The summed E-state index contributed by atoms with van der Waals surface area (Å²) in [5, 5.41) is 8.75. The van der Waals surface area contributed by atoms with Crippen molar-refractivity contribution < 1.29 is 33.4 Å². The molecule has 0 radical (unpaired) electrons. The molecule has 1 aliphatic rings. The van der Waals surface area contributed by atoms with Gasteiger partial charge in [0.1, 0.15) is 12.4 Å². The SMILES string of the molecule is COc1cc(C(=O)CCC(=O)N2CCN(c3ccc(F)c(Cl)c3)C2=O)ccc1OCCO. The fourth-order valence-corrected chi connectivity index (χ4v) is 3.45. The van der Waals surface area contributed by atoms with Crippen LogP contribution in [0.4, 0.5) is 14.9 Å². The minimum atomic E-state index is -0.599. The number of imide groups is 1. The Hall–Kier alpha value is -3.17. The molecule has 0 aromatic heterocycles. The third kappa shape index (κ3) is 5.17. The van der Waals surface area contributed by atoms with Gasteiger partial charge in [0.2, 0.25) is 5.91 Å². The van der Waals surface area contributed by atoms with Crippen LogP contribution in [0.3, 0.4) is 0 Å². The average molecular weight is 465 g/mol. The summed E-state index contributed by atoms with van der Waals surface area (Å²) in [6, 6.07) is 7.95. The maximum absolute atomic E-state index is 13.4. The monoisotopic (exact) mass is 464 g/mol. The number of urea groups is 1. The second-order valence-corrected chi connectivity index (χ2v) is 7.35. The van der Waals surface area contributed by atoms with E-state index in [2.05, 4.69) is 0 Å². The fraction of sp³-hybridized carbons (Fsp3) is 0.318. The van der Waals surface area contributed by atoms with Crippen molar-refractivity contribution in [2.24, 2.45) is 0 Å². The van der Waals surface area contributed by atoms with E-state index in [0.717, 1.165) is 11.0 Å². The number of hydrogen-bond donors (Lipinski definition) is 1. The van der Waals surface area contributed by atoms with Crippen LogP contribution in [-0.2, 0) is 4.79 Å². The molecule has 3 rings (SSSR count). The van der Waals surface area contributed by atoms with Crippen molar-refractivity contribution in [2.75, 3.05) is 38.3 Å². The molecule has 1 heterocycles. The van der Waals surface area contributed by atoms with Crippen LogP contribution in [0.15, 0.2) is 36.4 Å². The maximum Gasteiger partial charge on any atom is 0.331 e. The van der Waals surface area contributed by atoms with Gasteiger partial charge in [-0.15, -0.1) is 0 Å². The molecule has 0 bridgehead atoms. The molecule has 2 aromatic carbocycles. The number of carbonyl (C=O) groups excluding carboxylic acids is 3. The summed E-state index contributed by atoms with van der Waals surface area (Å²) in [5.41, 5.74) is 0.727. The van der Waals surface area contributed by atoms with Gasteiger partial charge in [-0.2, -0.15) is 0 Å². The van der Waals surface area contributed by atoms with E-state index in [1.807, 2.05) is 0 Å². The lowest BCUT2D eigenvalue weighted by Gasteiger charge is -2.18. The van der Waals surface area contributed by atoms with Crippen molar-refractivity contribution in [1.29, 1.82) is 0 Å². The molecular weight excluding hydrogens is 443 g/mol. The zero-order chi connectivity index (χ0) is 23.3. The Kier molecular flexibility index (Phi) is 7.66. The number of hydrogen-bond acceptors (Lipinski definition) is 6. The number of amides is 3. The number of ether oxygens (including phenoxy) is 2. The van der Waals surface area contributed by atoms with Crippen LogP contribution in [0.2, 0.25) is 5.02 Å². The van der Waals surface area contributed by atoms with Gasteiger partial charge in [-0.1, -0.05) is 11.6 Å². The van der Waals surface area contributed by atoms with E-state index < -0.39 is 17.8 Å². The van der Waals surface area contributed by atoms with Gasteiger partial charge in [0, 0.05) is 37.2 Å². The lowest BCUT2D eigenvalue weighted by Crippen LogP contribution is -2.36. The van der Waals surface area contributed by atoms with Crippen LogP contribution in [-0.4, -0.2) is 61.1 Å². The van der Waals surface area contributed by atoms with Gasteiger partial charge in [-0.05, 0) is 36.4 Å². The highest BCUT2D eigenvalue weighted by molar-refractivity contribution is 6.31. The van der Waals surface area contributed by atoms with Gasteiger partial charge in [0.05, 0.1) is 18.7 Å². The normalized spacial score (nSPS) is 13.4. The summed E-state index contributed by atoms with van der Waals surface area (Å²) >= 11 is 5.78. The minimum absolute atomic E-state index is 0.0865. The second-order valence-electron chi connectivity index (χ2n) is 6.94. The molecule has 0 saturated carbocycles. The van der Waals surface area contributed by atoms with Crippen molar-refractivity contribution in [3.05, 3.63) is 52.8 Å². The van der Waals surface area contributed by atoms with E-state index in [1.54, 1.807) is 12.1 Å². The molecule has 1 fully saturated rings. The molecule has 10 heteroatoms. The summed E-state index contributed by atoms with van der Waals surface area (Å²) in [4.78, 5) is 40.1. The standard InChI is InChI=1S/C22H22ClFN2O6/c1-31-20-12-14(2-6-19(20)32-11-10-27)18(28)5-7-21(29)26-9-8-25(22(26)30)15-3-4-17(24)16(23)13-15/h2-4,6,12-13,27H,5,7-11H2,1H3. The highest BCUT2D eigenvalue weighted by Crippen LogP contribution is 2.29. The van der Waals surface area contributed by atoms with Crippen molar-refractivity contribution in [3.63, 3.8) is 0 Å². The van der Waals surface area contributed by atoms with Crippen LogP contribution in [0, 0.1) is 5.82 Å². The minimum Gasteiger partial charge on any atom is -0.493 e. The number of benzene rings is 2. The molecule has 170 valence electrons. The topological polar surface area (TPSA) is 96.4 Å². The molecule has 0 unspecified atom stereocenters. The van der Waals surface area contributed by atoms with Crippen LogP contribution in [0.25, 0.3) is 0 Å². The van der Waals surface area contributed by atoms with Crippen molar-refractivity contribution in [1.82, 2.24) is 4.90 Å². The van der Waals surface area contributed by atoms with Crippen LogP contribution in [0.5, 0.6) is 11.5 Å². The molecule has 8 nitrogen and oxygen atoms in total. The molecule has 0 spiro atoms. The van der Waals surface area contributed by atoms with E-state index in [4.69, 9.17) is 26.2 Å². The van der Waals surface area contributed by atoms with Crippen LogP contribution in [0.1, 0.15) is 23.2 Å². The highest BCUT2D eigenvalue weighted by Gasteiger charge is 2.34. The Morgan fingerprint density at radius 1 is 1.12 bits per heavy atom. The summed E-state index contributed by atoms with van der Waals surface area (Å²) < 4.78 is 23.9. The van der Waals surface area contributed by atoms with E-state index >= 15 is 0 Å². The number of halogens is 2. The van der Waals surface area contributed by atoms with Crippen molar-refractivity contribution >= 4 is 35.0 Å². The van der Waals surface area contributed by atoms with Crippen molar-refractivity contribution in [3.8, 4) is 11.5 Å². The summed E-state index contributed by atoms with van der Waals surface area (Å²) in [6.45, 7) is 0.328. The number of Topliss-reactive ketones (excluding diaryl/α,β-unsaturated/α-hetero) is 1. The lowest BCUT2D eigenvalue weighted by atomic mass is 10.1. The smallest absolute Gasteiger partial charge is 0.331 e. The van der Waals surface area contributed by atoms with E-state index in [-0.39, 0.29) is 50.0 Å². The number of aliphatic hydroxyl groups is 1. The van der Waals surface area contributed by atoms with Gasteiger partial charge in [0.25, 0.3) is 0 Å². The largest absolute Gasteiger partial charge is 0.493 e. The van der Waals surface area contributed by atoms with Crippen molar-refractivity contribution in [2.45, 2.75) is 12.8 Å². The van der Waals surface area contributed by atoms with Gasteiger partial charge in [0.15, 0.2) is 17.3 Å². The molecule has 32 heavy (non-hydrogen) atoms.